The Morgan fingerprint density at radius 1 is 1.33 bits per heavy atom. The number of hydrogen-bond acceptors (Lipinski definition) is 4. The third-order valence-electron chi connectivity index (χ3n) is 3.27. The Labute approximate surface area is 114 Å². The van der Waals surface area contributed by atoms with Crippen LogP contribution in [0.25, 0.3) is 0 Å². The molecule has 0 amide bonds. The molecule has 3 nitrogen and oxygen atoms in total. The van der Waals surface area contributed by atoms with Crippen molar-refractivity contribution < 1.29 is 4.74 Å². The zero-order valence-electron chi connectivity index (χ0n) is 11.4. The van der Waals surface area contributed by atoms with Crippen LogP contribution in [0.2, 0.25) is 0 Å². The number of hydrogen-bond donors (Lipinski definition) is 1. The first-order valence-corrected chi connectivity index (χ1v) is 7.78. The number of thiophene rings is 1. The van der Waals surface area contributed by atoms with Crippen LogP contribution in [0, 0.1) is 0 Å². The van der Waals surface area contributed by atoms with Gasteiger partial charge in [0.25, 0.3) is 0 Å². The normalized spacial score (nSPS) is 25.4. The fourth-order valence-corrected chi connectivity index (χ4v) is 3.20. The van der Waals surface area contributed by atoms with Crippen LogP contribution in [0.3, 0.4) is 0 Å². The summed E-state index contributed by atoms with van der Waals surface area (Å²) in [6.45, 7) is 9.73. The van der Waals surface area contributed by atoms with E-state index in [0.29, 0.717) is 12.2 Å². The van der Waals surface area contributed by atoms with Gasteiger partial charge in [0, 0.05) is 26.2 Å². The van der Waals surface area contributed by atoms with Crippen LogP contribution < -0.4 is 5.32 Å². The van der Waals surface area contributed by atoms with E-state index in [0.717, 1.165) is 39.1 Å². The van der Waals surface area contributed by atoms with Crippen molar-refractivity contribution in [2.75, 3.05) is 32.7 Å². The highest BCUT2D eigenvalue weighted by Crippen LogP contribution is 2.09. The molecule has 1 aromatic rings. The zero-order chi connectivity index (χ0) is 12.8. The van der Waals surface area contributed by atoms with Crippen LogP contribution in [-0.2, 0) is 11.2 Å². The van der Waals surface area contributed by atoms with Gasteiger partial charge in [0.05, 0.1) is 12.2 Å². The molecule has 0 aliphatic carbocycles. The largest absolute Gasteiger partial charge is 0.373 e. The predicted octanol–water partition coefficient (Wildman–Crippen LogP) is 1.99. The second-order valence-corrected chi connectivity index (χ2v) is 5.93. The van der Waals surface area contributed by atoms with Crippen LogP contribution in [0.1, 0.15) is 19.4 Å². The number of nitrogens with one attached hydrogen (secondary N) is 1. The Bertz CT molecular complexity index is 319. The first-order chi connectivity index (χ1) is 8.74. The second kappa shape index (κ2) is 7.24. The van der Waals surface area contributed by atoms with Gasteiger partial charge in [-0.1, -0.05) is 0 Å². The molecule has 2 heterocycles. The van der Waals surface area contributed by atoms with Gasteiger partial charge in [-0.25, -0.2) is 0 Å². The molecular weight excluding hydrogens is 244 g/mol. The summed E-state index contributed by atoms with van der Waals surface area (Å²) in [6.07, 6.45) is 1.89. The molecule has 2 atom stereocenters. The van der Waals surface area contributed by atoms with Gasteiger partial charge in [0.2, 0.25) is 0 Å². The van der Waals surface area contributed by atoms with E-state index in [1.807, 2.05) is 0 Å². The monoisotopic (exact) mass is 268 g/mol. The van der Waals surface area contributed by atoms with Gasteiger partial charge in [-0.05, 0) is 49.2 Å². The molecule has 1 aromatic heterocycles. The van der Waals surface area contributed by atoms with Crippen molar-refractivity contribution in [2.45, 2.75) is 32.5 Å². The summed E-state index contributed by atoms with van der Waals surface area (Å²) in [4.78, 5) is 2.50. The Morgan fingerprint density at radius 3 is 2.78 bits per heavy atom. The molecule has 0 aromatic carbocycles. The van der Waals surface area contributed by atoms with E-state index in [4.69, 9.17) is 4.74 Å². The lowest BCUT2D eigenvalue weighted by molar-refractivity contribution is -0.0674. The van der Waals surface area contributed by atoms with Gasteiger partial charge in [-0.15, -0.1) is 0 Å². The van der Waals surface area contributed by atoms with Crippen LogP contribution in [0.4, 0.5) is 0 Å². The van der Waals surface area contributed by atoms with Crippen molar-refractivity contribution in [1.29, 1.82) is 0 Å². The van der Waals surface area contributed by atoms with Crippen LogP contribution in [0.15, 0.2) is 16.8 Å². The number of ether oxygens (including phenoxy) is 1. The van der Waals surface area contributed by atoms with Crippen molar-refractivity contribution in [1.82, 2.24) is 10.2 Å². The zero-order valence-corrected chi connectivity index (χ0v) is 12.2. The minimum absolute atomic E-state index is 0.375. The van der Waals surface area contributed by atoms with E-state index in [2.05, 4.69) is 40.9 Å². The van der Waals surface area contributed by atoms with Gasteiger partial charge in [0.15, 0.2) is 0 Å². The molecule has 1 aliphatic rings. The molecule has 1 aliphatic heterocycles. The fourth-order valence-electron chi connectivity index (χ4n) is 2.50. The summed E-state index contributed by atoms with van der Waals surface area (Å²) in [5, 5.41) is 7.90. The van der Waals surface area contributed by atoms with Gasteiger partial charge in [-0.2, -0.15) is 11.3 Å². The SMILES string of the molecule is C[C@@H]1CN(CCNCCc2ccsc2)C[C@H](C)O1. The lowest BCUT2D eigenvalue weighted by Crippen LogP contribution is -2.47. The molecular formula is C14H24N2OS. The molecule has 4 heteroatoms. The van der Waals surface area contributed by atoms with Crippen LogP contribution in [-0.4, -0.2) is 49.8 Å². The molecule has 0 unspecified atom stereocenters. The maximum atomic E-state index is 5.73. The Kier molecular flexibility index (Phi) is 5.63. The van der Waals surface area contributed by atoms with Gasteiger partial charge in [0.1, 0.15) is 0 Å². The molecule has 102 valence electrons. The lowest BCUT2D eigenvalue weighted by Gasteiger charge is -2.35. The van der Waals surface area contributed by atoms with E-state index in [-0.39, 0.29) is 0 Å². The summed E-state index contributed by atoms with van der Waals surface area (Å²) in [5.41, 5.74) is 1.45. The van der Waals surface area contributed by atoms with Crippen molar-refractivity contribution >= 4 is 11.3 Å². The molecule has 0 saturated carbocycles. The molecule has 1 N–H and O–H groups in total. The maximum Gasteiger partial charge on any atom is 0.0678 e. The Hall–Kier alpha value is -0.420. The minimum Gasteiger partial charge on any atom is -0.373 e. The highest BCUT2D eigenvalue weighted by Gasteiger charge is 2.21. The minimum atomic E-state index is 0.375. The maximum absolute atomic E-state index is 5.73. The molecule has 0 bridgehead atoms. The number of morpholine rings is 1. The molecule has 1 fully saturated rings. The van der Waals surface area contributed by atoms with Crippen LogP contribution in [0.5, 0.6) is 0 Å². The first-order valence-electron chi connectivity index (χ1n) is 6.83. The predicted molar refractivity (Wildman–Crippen MR) is 77.3 cm³/mol. The number of nitrogens with zero attached hydrogens (tertiary/aromatic N) is 1. The van der Waals surface area contributed by atoms with Gasteiger partial charge in [-0.3, -0.25) is 4.90 Å². The molecule has 1 saturated heterocycles. The summed E-state index contributed by atoms with van der Waals surface area (Å²) >= 11 is 1.78. The van der Waals surface area contributed by atoms with E-state index in [1.165, 1.54) is 5.56 Å². The average Bonchev–Trinajstić information content (AvgIpc) is 2.80. The third-order valence-corrected chi connectivity index (χ3v) is 4.00. The fraction of sp³-hybridized carbons (Fsp3) is 0.714. The van der Waals surface area contributed by atoms with Crippen molar-refractivity contribution in [3.8, 4) is 0 Å². The van der Waals surface area contributed by atoms with Gasteiger partial charge >= 0.3 is 0 Å². The summed E-state index contributed by atoms with van der Waals surface area (Å²) in [6, 6.07) is 2.21. The quantitative estimate of drug-likeness (QED) is 0.799. The molecule has 0 radical (unpaired) electrons. The van der Waals surface area contributed by atoms with E-state index in [1.54, 1.807) is 11.3 Å². The molecule has 0 spiro atoms. The Morgan fingerprint density at radius 2 is 2.11 bits per heavy atom. The van der Waals surface area contributed by atoms with E-state index in [9.17, 15) is 0 Å². The highest BCUT2D eigenvalue weighted by atomic mass is 32.1. The van der Waals surface area contributed by atoms with Gasteiger partial charge < -0.3 is 10.1 Å². The average molecular weight is 268 g/mol. The van der Waals surface area contributed by atoms with Crippen molar-refractivity contribution in [2.24, 2.45) is 0 Å². The standard InChI is InChI=1S/C14H24N2OS/c1-12-9-16(10-13(2)17-12)7-6-15-5-3-14-4-8-18-11-14/h4,8,11-13,15H,3,5-7,9-10H2,1-2H3/t12-,13+. The second-order valence-electron chi connectivity index (χ2n) is 5.15. The summed E-state index contributed by atoms with van der Waals surface area (Å²) in [7, 11) is 0. The number of rotatable bonds is 6. The third kappa shape index (κ3) is 4.69. The highest BCUT2D eigenvalue weighted by molar-refractivity contribution is 7.07. The van der Waals surface area contributed by atoms with E-state index < -0.39 is 0 Å². The van der Waals surface area contributed by atoms with Crippen LogP contribution >= 0.6 is 11.3 Å². The van der Waals surface area contributed by atoms with E-state index >= 15 is 0 Å². The molecule has 2 rings (SSSR count). The lowest BCUT2D eigenvalue weighted by atomic mass is 10.2. The van der Waals surface area contributed by atoms with Crippen molar-refractivity contribution in [3.63, 3.8) is 0 Å². The smallest absolute Gasteiger partial charge is 0.0678 e. The first kappa shape index (κ1) is 14.0. The molecule has 18 heavy (non-hydrogen) atoms. The summed E-state index contributed by atoms with van der Waals surface area (Å²) in [5.74, 6) is 0. The topological polar surface area (TPSA) is 24.5 Å². The summed E-state index contributed by atoms with van der Waals surface area (Å²) < 4.78 is 5.73. The Balaban J connectivity index is 1.55. The van der Waals surface area contributed by atoms with Crippen molar-refractivity contribution in [3.05, 3.63) is 22.4 Å².